The molecule has 0 aromatic rings. The van der Waals surface area contributed by atoms with Gasteiger partial charge in [0.2, 0.25) is 0 Å². The van der Waals surface area contributed by atoms with E-state index >= 15 is 0 Å². The Morgan fingerprint density at radius 2 is 1.80 bits per heavy atom. The maximum Gasteiger partial charge on any atom is 0.0565 e. The normalized spacial score (nSPS) is 32.2. The Hall–Kier alpha value is -0.120. The van der Waals surface area contributed by atoms with Gasteiger partial charge in [0.25, 0.3) is 0 Å². The van der Waals surface area contributed by atoms with Crippen LogP contribution in [0.5, 0.6) is 0 Å². The van der Waals surface area contributed by atoms with Gasteiger partial charge in [0.05, 0.1) is 12.2 Å². The Bertz CT molecular complexity index is 163. The fourth-order valence-corrected chi connectivity index (χ4v) is 2.27. The van der Waals surface area contributed by atoms with Crippen LogP contribution in [0.25, 0.3) is 0 Å². The summed E-state index contributed by atoms with van der Waals surface area (Å²) >= 11 is 0. The summed E-state index contributed by atoms with van der Waals surface area (Å²) in [5.74, 6) is 0. The third kappa shape index (κ3) is 5.50. The molecular weight excluding hydrogens is 188 g/mol. The van der Waals surface area contributed by atoms with Crippen LogP contribution >= 0.6 is 0 Å². The molecule has 1 aliphatic heterocycles. The molecule has 1 saturated heterocycles. The van der Waals surface area contributed by atoms with Crippen LogP contribution in [0.15, 0.2) is 0 Å². The van der Waals surface area contributed by atoms with Crippen LogP contribution in [-0.4, -0.2) is 50.3 Å². The lowest BCUT2D eigenvalue weighted by Crippen LogP contribution is -2.42. The summed E-state index contributed by atoms with van der Waals surface area (Å²) in [5.41, 5.74) is 0. The van der Waals surface area contributed by atoms with Crippen molar-refractivity contribution in [3.8, 4) is 0 Å². The molecule has 1 N–H and O–H groups in total. The highest BCUT2D eigenvalue weighted by Gasteiger charge is 2.23. The second-order valence-electron chi connectivity index (χ2n) is 5.04. The van der Waals surface area contributed by atoms with Gasteiger partial charge in [-0.2, -0.15) is 0 Å². The first-order valence-electron chi connectivity index (χ1n) is 6.11. The van der Waals surface area contributed by atoms with Crippen molar-refractivity contribution in [2.24, 2.45) is 0 Å². The van der Waals surface area contributed by atoms with E-state index in [-0.39, 0.29) is 0 Å². The zero-order valence-electron chi connectivity index (χ0n) is 10.6. The number of rotatable bonds is 5. The van der Waals surface area contributed by atoms with Gasteiger partial charge in [-0.3, -0.25) is 0 Å². The summed E-state index contributed by atoms with van der Waals surface area (Å²) in [6.07, 6.45) is 4.38. The summed E-state index contributed by atoms with van der Waals surface area (Å²) < 4.78 is 5.71. The van der Waals surface area contributed by atoms with Gasteiger partial charge in [-0.1, -0.05) is 0 Å². The second kappa shape index (κ2) is 6.46. The third-order valence-corrected chi connectivity index (χ3v) is 2.91. The van der Waals surface area contributed by atoms with E-state index in [2.05, 4.69) is 38.2 Å². The van der Waals surface area contributed by atoms with E-state index < -0.39 is 0 Å². The number of ether oxygens (including phenoxy) is 1. The van der Waals surface area contributed by atoms with Crippen LogP contribution in [0.4, 0.5) is 0 Å². The van der Waals surface area contributed by atoms with Crippen molar-refractivity contribution in [2.45, 2.75) is 51.4 Å². The monoisotopic (exact) mass is 214 g/mol. The molecule has 0 radical (unpaired) electrons. The van der Waals surface area contributed by atoms with Crippen molar-refractivity contribution in [1.82, 2.24) is 10.2 Å². The first-order chi connectivity index (χ1) is 7.08. The van der Waals surface area contributed by atoms with Crippen LogP contribution in [0, 0.1) is 0 Å². The molecule has 90 valence electrons. The summed E-state index contributed by atoms with van der Waals surface area (Å²) in [6.45, 7) is 6.64. The summed E-state index contributed by atoms with van der Waals surface area (Å²) in [6, 6.07) is 0.658. The molecular formula is C12H26N2O. The van der Waals surface area contributed by atoms with Crippen molar-refractivity contribution >= 4 is 0 Å². The predicted octanol–water partition coefficient (Wildman–Crippen LogP) is 1.48. The van der Waals surface area contributed by atoms with E-state index in [9.17, 15) is 0 Å². The SMILES string of the molecule is C[C@@H]1CC(NCCCN(C)C)C[C@H](C)O1. The fourth-order valence-electron chi connectivity index (χ4n) is 2.27. The van der Waals surface area contributed by atoms with Crippen molar-refractivity contribution in [2.75, 3.05) is 27.2 Å². The lowest BCUT2D eigenvalue weighted by molar-refractivity contribution is -0.0420. The van der Waals surface area contributed by atoms with E-state index in [1.165, 1.54) is 13.0 Å². The van der Waals surface area contributed by atoms with E-state index in [1.54, 1.807) is 0 Å². The standard InChI is InChI=1S/C12H26N2O/c1-10-8-12(9-11(2)15-10)13-6-5-7-14(3)4/h10-13H,5-9H2,1-4H3/t10-,11+,12?. The van der Waals surface area contributed by atoms with E-state index in [0.29, 0.717) is 18.2 Å². The molecule has 1 aliphatic rings. The molecule has 0 aromatic heterocycles. The lowest BCUT2D eigenvalue weighted by atomic mass is 10.00. The zero-order chi connectivity index (χ0) is 11.3. The maximum absolute atomic E-state index is 5.71. The number of hydrogen-bond donors (Lipinski definition) is 1. The lowest BCUT2D eigenvalue weighted by Gasteiger charge is -2.32. The Kier molecular flexibility index (Phi) is 5.58. The second-order valence-corrected chi connectivity index (χ2v) is 5.04. The van der Waals surface area contributed by atoms with E-state index in [1.807, 2.05) is 0 Å². The summed E-state index contributed by atoms with van der Waals surface area (Å²) in [4.78, 5) is 2.23. The van der Waals surface area contributed by atoms with Gasteiger partial charge in [-0.05, 0) is 60.3 Å². The Morgan fingerprint density at radius 3 is 2.33 bits per heavy atom. The summed E-state index contributed by atoms with van der Waals surface area (Å²) in [5, 5.41) is 3.63. The Morgan fingerprint density at radius 1 is 1.20 bits per heavy atom. The van der Waals surface area contributed by atoms with Crippen molar-refractivity contribution in [3.63, 3.8) is 0 Å². The molecule has 0 saturated carbocycles. The van der Waals surface area contributed by atoms with Crippen molar-refractivity contribution in [1.29, 1.82) is 0 Å². The van der Waals surface area contributed by atoms with Crippen LogP contribution in [0.2, 0.25) is 0 Å². The minimum atomic E-state index is 0.417. The molecule has 0 amide bonds. The zero-order valence-corrected chi connectivity index (χ0v) is 10.6. The highest BCUT2D eigenvalue weighted by molar-refractivity contribution is 4.78. The summed E-state index contributed by atoms with van der Waals surface area (Å²) in [7, 11) is 4.25. The van der Waals surface area contributed by atoms with Gasteiger partial charge in [-0.25, -0.2) is 0 Å². The molecule has 3 atom stereocenters. The largest absolute Gasteiger partial charge is 0.375 e. The minimum Gasteiger partial charge on any atom is -0.375 e. The average molecular weight is 214 g/mol. The molecule has 1 fully saturated rings. The van der Waals surface area contributed by atoms with Crippen LogP contribution < -0.4 is 5.32 Å². The van der Waals surface area contributed by atoms with Gasteiger partial charge < -0.3 is 15.0 Å². The highest BCUT2D eigenvalue weighted by atomic mass is 16.5. The minimum absolute atomic E-state index is 0.417. The first-order valence-corrected chi connectivity index (χ1v) is 6.11. The average Bonchev–Trinajstić information content (AvgIpc) is 2.10. The Labute approximate surface area is 94.2 Å². The van der Waals surface area contributed by atoms with Crippen LogP contribution in [-0.2, 0) is 4.74 Å². The van der Waals surface area contributed by atoms with Gasteiger partial charge in [0.1, 0.15) is 0 Å². The fraction of sp³-hybridized carbons (Fsp3) is 1.00. The predicted molar refractivity (Wildman–Crippen MR) is 64.2 cm³/mol. The quantitative estimate of drug-likeness (QED) is 0.702. The molecule has 1 heterocycles. The topological polar surface area (TPSA) is 24.5 Å². The molecule has 1 unspecified atom stereocenters. The Balaban J connectivity index is 2.10. The molecule has 0 bridgehead atoms. The molecule has 0 aliphatic carbocycles. The van der Waals surface area contributed by atoms with Gasteiger partial charge in [0.15, 0.2) is 0 Å². The number of nitrogens with one attached hydrogen (secondary N) is 1. The molecule has 0 spiro atoms. The van der Waals surface area contributed by atoms with Gasteiger partial charge in [-0.15, -0.1) is 0 Å². The first kappa shape index (κ1) is 12.9. The smallest absolute Gasteiger partial charge is 0.0565 e. The van der Waals surface area contributed by atoms with Crippen molar-refractivity contribution < 1.29 is 4.74 Å². The van der Waals surface area contributed by atoms with Crippen LogP contribution in [0.1, 0.15) is 33.1 Å². The third-order valence-electron chi connectivity index (χ3n) is 2.91. The number of nitrogens with zero attached hydrogens (tertiary/aromatic N) is 1. The van der Waals surface area contributed by atoms with Crippen molar-refractivity contribution in [3.05, 3.63) is 0 Å². The van der Waals surface area contributed by atoms with E-state index in [4.69, 9.17) is 4.74 Å². The molecule has 3 heteroatoms. The molecule has 3 nitrogen and oxygen atoms in total. The number of hydrogen-bond acceptors (Lipinski definition) is 3. The maximum atomic E-state index is 5.71. The van der Waals surface area contributed by atoms with E-state index in [0.717, 1.165) is 19.4 Å². The molecule has 1 rings (SSSR count). The van der Waals surface area contributed by atoms with Crippen LogP contribution in [0.3, 0.4) is 0 Å². The molecule has 15 heavy (non-hydrogen) atoms. The van der Waals surface area contributed by atoms with Gasteiger partial charge in [0, 0.05) is 6.04 Å². The molecule has 0 aromatic carbocycles. The van der Waals surface area contributed by atoms with Gasteiger partial charge >= 0.3 is 0 Å². The highest BCUT2D eigenvalue weighted by Crippen LogP contribution is 2.18.